The zero-order valence-electron chi connectivity index (χ0n) is 11.8. The number of carbonyl (C=O) groups is 3. The molecule has 21 heavy (non-hydrogen) atoms. The zero-order chi connectivity index (χ0) is 15.6. The van der Waals surface area contributed by atoms with Crippen molar-refractivity contribution in [1.29, 1.82) is 0 Å². The standard InChI is InChI=1S/C12H16O9/c1-5(13)17-4-7-8(18-6(2)14)9-10(11(16-3)19-7)21-12(15)20-9/h7-11H,4H2,1-3H3/t7-,8+,9-,10-,11-/m0/s1. The Morgan fingerprint density at radius 3 is 2.38 bits per heavy atom. The van der Waals surface area contributed by atoms with Crippen LogP contribution in [0.25, 0.3) is 0 Å². The Bertz CT molecular complexity index is 434. The van der Waals surface area contributed by atoms with Crippen molar-refractivity contribution in [2.75, 3.05) is 13.7 Å². The first-order chi connectivity index (χ1) is 9.92. The van der Waals surface area contributed by atoms with Gasteiger partial charge in [-0.15, -0.1) is 0 Å². The van der Waals surface area contributed by atoms with Gasteiger partial charge in [0.05, 0.1) is 0 Å². The maximum absolute atomic E-state index is 11.3. The molecule has 9 nitrogen and oxygen atoms in total. The highest BCUT2D eigenvalue weighted by molar-refractivity contribution is 5.67. The highest BCUT2D eigenvalue weighted by atomic mass is 16.8. The molecule has 9 heteroatoms. The maximum Gasteiger partial charge on any atom is 0.509 e. The van der Waals surface area contributed by atoms with Crippen molar-refractivity contribution in [2.45, 2.75) is 44.6 Å². The molecule has 0 aromatic carbocycles. The Labute approximate surface area is 120 Å². The molecule has 2 rings (SSSR count). The molecule has 0 radical (unpaired) electrons. The fourth-order valence-electron chi connectivity index (χ4n) is 2.25. The third-order valence-electron chi connectivity index (χ3n) is 3.04. The number of ether oxygens (including phenoxy) is 6. The van der Waals surface area contributed by atoms with Gasteiger partial charge in [0.2, 0.25) is 0 Å². The van der Waals surface area contributed by atoms with Gasteiger partial charge < -0.3 is 28.4 Å². The molecule has 0 spiro atoms. The van der Waals surface area contributed by atoms with Crippen molar-refractivity contribution in [2.24, 2.45) is 0 Å². The monoisotopic (exact) mass is 304 g/mol. The lowest BCUT2D eigenvalue weighted by Gasteiger charge is -2.39. The van der Waals surface area contributed by atoms with Gasteiger partial charge in [0.1, 0.15) is 12.7 Å². The van der Waals surface area contributed by atoms with E-state index in [1.54, 1.807) is 0 Å². The van der Waals surface area contributed by atoms with E-state index >= 15 is 0 Å². The van der Waals surface area contributed by atoms with Crippen LogP contribution in [0.2, 0.25) is 0 Å². The minimum Gasteiger partial charge on any atom is -0.463 e. The summed E-state index contributed by atoms with van der Waals surface area (Å²) in [6, 6.07) is 0. The van der Waals surface area contributed by atoms with E-state index in [-0.39, 0.29) is 6.61 Å². The van der Waals surface area contributed by atoms with Crippen LogP contribution in [-0.2, 0) is 38.0 Å². The largest absolute Gasteiger partial charge is 0.509 e. The van der Waals surface area contributed by atoms with E-state index in [9.17, 15) is 14.4 Å². The van der Waals surface area contributed by atoms with Crippen LogP contribution in [0.1, 0.15) is 13.8 Å². The van der Waals surface area contributed by atoms with Gasteiger partial charge in [-0.25, -0.2) is 4.79 Å². The number of fused-ring (bicyclic) bond motifs is 1. The summed E-state index contributed by atoms with van der Waals surface area (Å²) < 4.78 is 30.6. The molecule has 2 fully saturated rings. The molecule has 0 saturated carbocycles. The summed E-state index contributed by atoms with van der Waals surface area (Å²) in [4.78, 5) is 33.4. The molecule has 2 aliphatic heterocycles. The molecular formula is C12H16O9. The minimum atomic E-state index is -0.954. The van der Waals surface area contributed by atoms with Crippen LogP contribution >= 0.6 is 0 Å². The normalized spacial score (nSPS) is 34.4. The van der Waals surface area contributed by atoms with Crippen LogP contribution in [-0.4, -0.2) is 62.5 Å². The lowest BCUT2D eigenvalue weighted by atomic mass is 9.99. The Morgan fingerprint density at radius 2 is 1.81 bits per heavy atom. The molecule has 0 N–H and O–H groups in total. The molecule has 0 aromatic rings. The van der Waals surface area contributed by atoms with Gasteiger partial charge in [0.15, 0.2) is 24.6 Å². The summed E-state index contributed by atoms with van der Waals surface area (Å²) in [7, 11) is 1.36. The molecule has 0 aromatic heterocycles. The Kier molecular flexibility index (Phi) is 4.63. The van der Waals surface area contributed by atoms with E-state index in [4.69, 9.17) is 28.4 Å². The van der Waals surface area contributed by atoms with Crippen molar-refractivity contribution in [3.8, 4) is 0 Å². The molecular weight excluding hydrogens is 288 g/mol. The van der Waals surface area contributed by atoms with Gasteiger partial charge in [-0.05, 0) is 0 Å². The van der Waals surface area contributed by atoms with Crippen molar-refractivity contribution >= 4 is 18.1 Å². The second-order valence-corrected chi connectivity index (χ2v) is 4.57. The first-order valence-electron chi connectivity index (χ1n) is 6.28. The third-order valence-corrected chi connectivity index (χ3v) is 3.04. The van der Waals surface area contributed by atoms with Crippen LogP contribution in [0.5, 0.6) is 0 Å². The van der Waals surface area contributed by atoms with E-state index in [2.05, 4.69) is 0 Å². The summed E-state index contributed by atoms with van der Waals surface area (Å²) in [5.41, 5.74) is 0. The van der Waals surface area contributed by atoms with Crippen LogP contribution in [0.3, 0.4) is 0 Å². The van der Waals surface area contributed by atoms with Crippen molar-refractivity contribution in [1.82, 2.24) is 0 Å². The summed E-state index contributed by atoms with van der Waals surface area (Å²) in [6.07, 6.45) is -5.35. The highest BCUT2D eigenvalue weighted by Crippen LogP contribution is 2.33. The molecule has 118 valence electrons. The molecule has 0 aliphatic carbocycles. The fraction of sp³-hybridized carbons (Fsp3) is 0.750. The van der Waals surface area contributed by atoms with Gasteiger partial charge in [-0.1, -0.05) is 0 Å². The third kappa shape index (κ3) is 3.42. The Balaban J connectivity index is 2.18. The summed E-state index contributed by atoms with van der Waals surface area (Å²) in [5, 5.41) is 0. The van der Waals surface area contributed by atoms with E-state index in [0.717, 1.165) is 0 Å². The quantitative estimate of drug-likeness (QED) is 0.513. The topological polar surface area (TPSA) is 107 Å². The second-order valence-electron chi connectivity index (χ2n) is 4.57. The first kappa shape index (κ1) is 15.5. The number of methoxy groups -OCH3 is 1. The molecule has 2 heterocycles. The first-order valence-corrected chi connectivity index (χ1v) is 6.28. The van der Waals surface area contributed by atoms with E-state index < -0.39 is 48.8 Å². The molecule has 0 bridgehead atoms. The van der Waals surface area contributed by atoms with Crippen molar-refractivity contribution in [3.63, 3.8) is 0 Å². The molecule has 2 saturated heterocycles. The molecule has 0 amide bonds. The number of esters is 2. The summed E-state index contributed by atoms with van der Waals surface area (Å²) in [6.45, 7) is 2.27. The summed E-state index contributed by atoms with van der Waals surface area (Å²) >= 11 is 0. The Morgan fingerprint density at radius 1 is 1.14 bits per heavy atom. The lowest BCUT2D eigenvalue weighted by molar-refractivity contribution is -0.275. The number of carbonyl (C=O) groups excluding carboxylic acids is 3. The molecule has 0 unspecified atom stereocenters. The smallest absolute Gasteiger partial charge is 0.463 e. The van der Waals surface area contributed by atoms with Gasteiger partial charge in [-0.3, -0.25) is 9.59 Å². The van der Waals surface area contributed by atoms with E-state index in [1.165, 1.54) is 21.0 Å². The average Bonchev–Trinajstić information content (AvgIpc) is 2.78. The highest BCUT2D eigenvalue weighted by Gasteiger charge is 2.56. The zero-order valence-corrected chi connectivity index (χ0v) is 11.8. The maximum atomic E-state index is 11.3. The molecule has 2 aliphatic rings. The fourth-order valence-corrected chi connectivity index (χ4v) is 2.25. The van der Waals surface area contributed by atoms with Crippen molar-refractivity contribution in [3.05, 3.63) is 0 Å². The predicted molar refractivity (Wildman–Crippen MR) is 63.0 cm³/mol. The van der Waals surface area contributed by atoms with Gasteiger partial charge in [0.25, 0.3) is 0 Å². The van der Waals surface area contributed by atoms with Crippen LogP contribution in [0.4, 0.5) is 4.79 Å². The second kappa shape index (κ2) is 6.27. The number of rotatable bonds is 4. The number of hydrogen-bond acceptors (Lipinski definition) is 9. The van der Waals surface area contributed by atoms with E-state index in [1.807, 2.05) is 0 Å². The van der Waals surface area contributed by atoms with Gasteiger partial charge in [0, 0.05) is 21.0 Å². The van der Waals surface area contributed by atoms with E-state index in [0.29, 0.717) is 0 Å². The lowest BCUT2D eigenvalue weighted by Crippen LogP contribution is -2.59. The van der Waals surface area contributed by atoms with Gasteiger partial charge in [-0.2, -0.15) is 0 Å². The summed E-state index contributed by atoms with van der Waals surface area (Å²) in [5.74, 6) is -1.11. The average molecular weight is 304 g/mol. The Hall–Kier alpha value is -1.87. The number of hydrogen-bond donors (Lipinski definition) is 0. The van der Waals surface area contributed by atoms with Gasteiger partial charge >= 0.3 is 18.1 Å². The minimum absolute atomic E-state index is 0.173. The van der Waals surface area contributed by atoms with Crippen molar-refractivity contribution < 1.29 is 42.8 Å². The SMILES string of the molecule is CO[C@H]1O[C@@H](COC(C)=O)[C@@H](OC(C)=O)[C@@H]2OC(=O)O[C@H]12. The van der Waals surface area contributed by atoms with Crippen LogP contribution in [0, 0.1) is 0 Å². The van der Waals surface area contributed by atoms with Crippen LogP contribution < -0.4 is 0 Å². The predicted octanol–water partition coefficient (Wildman–Crippen LogP) is -0.243. The van der Waals surface area contributed by atoms with Crippen LogP contribution in [0.15, 0.2) is 0 Å². The molecule has 5 atom stereocenters.